The van der Waals surface area contributed by atoms with Crippen molar-refractivity contribution in [2.45, 2.75) is 38.6 Å². The van der Waals surface area contributed by atoms with Crippen LogP contribution in [0.4, 0.5) is 5.69 Å². The maximum atomic E-state index is 5.68. The first-order valence-electron chi connectivity index (χ1n) is 7.42. The number of ether oxygens (including phenoxy) is 1. The third-order valence-electron chi connectivity index (χ3n) is 3.70. The number of rotatable bonds is 5. The molecule has 0 bridgehead atoms. The molecule has 0 amide bonds. The summed E-state index contributed by atoms with van der Waals surface area (Å²) in [5, 5.41) is 3.60. The second kappa shape index (κ2) is 6.04. The molecule has 3 rings (SSSR count). The molecule has 2 aromatic rings. The molecule has 0 radical (unpaired) electrons. The second-order valence-corrected chi connectivity index (χ2v) is 5.26. The smallest absolute Gasteiger partial charge is 0.121 e. The molecule has 1 atom stereocenters. The molecule has 1 unspecified atom stereocenters. The fraction of sp³-hybridized carbons (Fsp3) is 0.412. The van der Waals surface area contributed by atoms with E-state index < -0.39 is 0 Å². The van der Waals surface area contributed by atoms with Crippen LogP contribution in [0.5, 0.6) is 5.75 Å². The van der Waals surface area contributed by atoms with Gasteiger partial charge < -0.3 is 14.5 Å². The number of aryl methyl sites for hydroxylation is 1. The summed E-state index contributed by atoms with van der Waals surface area (Å²) in [7, 11) is 0. The monoisotopic (exact) mass is 271 g/mol. The average Bonchev–Trinajstić information content (AvgIpc) is 2.95. The minimum absolute atomic E-state index is 0.346. The predicted octanol–water partition coefficient (Wildman–Crippen LogP) is 4.56. The van der Waals surface area contributed by atoms with Crippen LogP contribution in [0.2, 0.25) is 0 Å². The van der Waals surface area contributed by atoms with E-state index in [0.717, 1.165) is 43.1 Å². The van der Waals surface area contributed by atoms with Crippen LogP contribution in [-0.2, 0) is 6.42 Å². The van der Waals surface area contributed by atoms with E-state index in [1.54, 1.807) is 6.26 Å². The van der Waals surface area contributed by atoms with Gasteiger partial charge in [-0.05, 0) is 37.5 Å². The normalized spacial score (nSPS) is 17.6. The van der Waals surface area contributed by atoms with E-state index in [1.165, 1.54) is 12.0 Å². The number of benzene rings is 1. The molecule has 1 aromatic heterocycles. The van der Waals surface area contributed by atoms with Gasteiger partial charge in [-0.25, -0.2) is 0 Å². The van der Waals surface area contributed by atoms with Gasteiger partial charge in [0.25, 0.3) is 0 Å². The van der Waals surface area contributed by atoms with Gasteiger partial charge in [-0.3, -0.25) is 0 Å². The summed E-state index contributed by atoms with van der Waals surface area (Å²) in [6, 6.07) is 10.6. The Labute approximate surface area is 119 Å². The topological polar surface area (TPSA) is 34.4 Å². The van der Waals surface area contributed by atoms with Crippen molar-refractivity contribution in [3.05, 3.63) is 47.9 Å². The quantitative estimate of drug-likeness (QED) is 0.865. The fourth-order valence-corrected chi connectivity index (χ4v) is 2.73. The average molecular weight is 271 g/mol. The number of fused-ring (bicyclic) bond motifs is 1. The molecule has 1 aromatic carbocycles. The van der Waals surface area contributed by atoms with Gasteiger partial charge >= 0.3 is 0 Å². The van der Waals surface area contributed by atoms with Crippen molar-refractivity contribution in [2.24, 2.45) is 0 Å². The molecular formula is C17H21NO2. The van der Waals surface area contributed by atoms with Crippen LogP contribution < -0.4 is 10.1 Å². The summed E-state index contributed by atoms with van der Waals surface area (Å²) in [5.74, 6) is 2.06. The van der Waals surface area contributed by atoms with Crippen molar-refractivity contribution in [2.75, 3.05) is 11.9 Å². The van der Waals surface area contributed by atoms with Crippen LogP contribution in [0.3, 0.4) is 0 Å². The van der Waals surface area contributed by atoms with E-state index in [0.29, 0.717) is 6.04 Å². The summed E-state index contributed by atoms with van der Waals surface area (Å²) in [5.41, 5.74) is 2.41. The number of nitrogens with one attached hydrogen (secondary N) is 1. The molecule has 0 spiro atoms. The van der Waals surface area contributed by atoms with E-state index in [9.17, 15) is 0 Å². The molecule has 20 heavy (non-hydrogen) atoms. The highest BCUT2D eigenvalue weighted by molar-refractivity contribution is 5.50. The summed E-state index contributed by atoms with van der Waals surface area (Å²) < 4.78 is 11.2. The molecule has 0 aliphatic heterocycles. The van der Waals surface area contributed by atoms with Gasteiger partial charge in [-0.2, -0.15) is 0 Å². The Morgan fingerprint density at radius 3 is 3.20 bits per heavy atom. The molecular weight excluding hydrogens is 250 g/mol. The highest BCUT2D eigenvalue weighted by atomic mass is 16.5. The second-order valence-electron chi connectivity index (χ2n) is 5.26. The van der Waals surface area contributed by atoms with Crippen molar-refractivity contribution >= 4 is 5.69 Å². The minimum Gasteiger partial charge on any atom is -0.494 e. The van der Waals surface area contributed by atoms with Crippen molar-refractivity contribution in [1.82, 2.24) is 0 Å². The highest BCUT2D eigenvalue weighted by Gasteiger charge is 2.22. The van der Waals surface area contributed by atoms with Gasteiger partial charge in [0.05, 0.1) is 18.9 Å². The molecule has 1 aliphatic carbocycles. The number of hydrogen-bond acceptors (Lipinski definition) is 3. The lowest BCUT2D eigenvalue weighted by molar-refractivity contribution is 0.317. The number of anilines is 1. The lowest BCUT2D eigenvalue weighted by Crippen LogP contribution is -2.15. The Kier molecular flexibility index (Phi) is 3.95. The molecule has 1 aliphatic rings. The Morgan fingerprint density at radius 1 is 1.35 bits per heavy atom. The van der Waals surface area contributed by atoms with E-state index >= 15 is 0 Å². The largest absolute Gasteiger partial charge is 0.494 e. The van der Waals surface area contributed by atoms with Gasteiger partial charge in [0, 0.05) is 23.7 Å². The van der Waals surface area contributed by atoms with Gasteiger partial charge in [0.1, 0.15) is 11.5 Å². The molecule has 0 fully saturated rings. The zero-order valence-electron chi connectivity index (χ0n) is 11.9. The molecule has 3 heteroatoms. The van der Waals surface area contributed by atoms with Crippen LogP contribution in [0, 0.1) is 0 Å². The zero-order valence-corrected chi connectivity index (χ0v) is 11.9. The first-order valence-corrected chi connectivity index (χ1v) is 7.42. The van der Waals surface area contributed by atoms with Crippen LogP contribution in [0.25, 0.3) is 0 Å². The Balaban J connectivity index is 1.72. The van der Waals surface area contributed by atoms with E-state index in [2.05, 4.69) is 30.4 Å². The standard InChI is InChI=1S/C17H21NO2/c1-2-10-19-14-6-3-5-13(12-14)18-16-7-4-8-17-15(16)9-11-20-17/h3,5-6,9,11-12,16,18H,2,4,7-8,10H2,1H3. The number of furan rings is 1. The lowest BCUT2D eigenvalue weighted by Gasteiger charge is -2.24. The maximum absolute atomic E-state index is 5.68. The van der Waals surface area contributed by atoms with Gasteiger partial charge in [-0.1, -0.05) is 13.0 Å². The predicted molar refractivity (Wildman–Crippen MR) is 80.2 cm³/mol. The Hall–Kier alpha value is -1.90. The highest BCUT2D eigenvalue weighted by Crippen LogP contribution is 2.33. The molecule has 1 N–H and O–H groups in total. The van der Waals surface area contributed by atoms with Crippen molar-refractivity contribution in [1.29, 1.82) is 0 Å². The number of hydrogen-bond donors (Lipinski definition) is 1. The Bertz CT molecular complexity index is 562. The van der Waals surface area contributed by atoms with E-state index in [4.69, 9.17) is 9.15 Å². The summed E-state index contributed by atoms with van der Waals surface area (Å²) in [4.78, 5) is 0. The van der Waals surface area contributed by atoms with Crippen LogP contribution in [0.1, 0.15) is 43.6 Å². The first-order chi connectivity index (χ1) is 9.86. The first kappa shape index (κ1) is 13.1. The van der Waals surface area contributed by atoms with Crippen LogP contribution >= 0.6 is 0 Å². The molecule has 3 nitrogen and oxygen atoms in total. The van der Waals surface area contributed by atoms with Crippen molar-refractivity contribution in [3.63, 3.8) is 0 Å². The van der Waals surface area contributed by atoms with Gasteiger partial charge in [0.2, 0.25) is 0 Å². The molecule has 0 saturated heterocycles. The maximum Gasteiger partial charge on any atom is 0.121 e. The van der Waals surface area contributed by atoms with Crippen molar-refractivity contribution < 1.29 is 9.15 Å². The van der Waals surface area contributed by atoms with Crippen LogP contribution in [0.15, 0.2) is 41.0 Å². The van der Waals surface area contributed by atoms with Gasteiger partial charge in [0.15, 0.2) is 0 Å². The SMILES string of the molecule is CCCOc1cccc(NC2CCCc3occc32)c1. The van der Waals surface area contributed by atoms with Gasteiger partial charge in [-0.15, -0.1) is 0 Å². The van der Waals surface area contributed by atoms with E-state index in [1.807, 2.05) is 12.1 Å². The zero-order chi connectivity index (χ0) is 13.8. The Morgan fingerprint density at radius 2 is 2.30 bits per heavy atom. The summed E-state index contributed by atoms with van der Waals surface area (Å²) in [6.45, 7) is 2.88. The van der Waals surface area contributed by atoms with Crippen molar-refractivity contribution in [3.8, 4) is 5.75 Å². The molecule has 106 valence electrons. The molecule has 1 heterocycles. The van der Waals surface area contributed by atoms with E-state index in [-0.39, 0.29) is 0 Å². The minimum atomic E-state index is 0.346. The molecule has 0 saturated carbocycles. The fourth-order valence-electron chi connectivity index (χ4n) is 2.73. The lowest BCUT2D eigenvalue weighted by atomic mass is 9.93. The summed E-state index contributed by atoms with van der Waals surface area (Å²) >= 11 is 0. The third-order valence-corrected chi connectivity index (χ3v) is 3.70. The summed E-state index contributed by atoms with van der Waals surface area (Å²) in [6.07, 6.45) is 6.20. The third kappa shape index (κ3) is 2.82. The van der Waals surface area contributed by atoms with Crippen LogP contribution in [-0.4, -0.2) is 6.61 Å².